The summed E-state index contributed by atoms with van der Waals surface area (Å²) in [5.41, 5.74) is 16.3. The van der Waals surface area contributed by atoms with Gasteiger partial charge in [-0.25, -0.2) is 4.58 Å². The lowest BCUT2D eigenvalue weighted by Crippen LogP contribution is -2.45. The fourth-order valence-electron chi connectivity index (χ4n) is 13.4. The Morgan fingerprint density at radius 1 is 0.744 bits per heavy atom. The minimum Gasteiger partial charge on any atom is -0.508 e. The van der Waals surface area contributed by atoms with Crippen molar-refractivity contribution in [3.05, 3.63) is 133 Å². The van der Waals surface area contributed by atoms with Crippen molar-refractivity contribution >= 4 is 28.8 Å². The third kappa shape index (κ3) is 12.4. The Hall–Kier alpha value is -6.41. The van der Waals surface area contributed by atoms with Crippen molar-refractivity contribution in [3.8, 4) is 28.5 Å². The molecule has 13 heteroatoms. The molecular formula is C69H85N4O9+. The topological polar surface area (TPSA) is 142 Å². The molecule has 1 aromatic heterocycles. The van der Waals surface area contributed by atoms with Gasteiger partial charge in [0.2, 0.25) is 5.36 Å². The summed E-state index contributed by atoms with van der Waals surface area (Å²) in [4.78, 5) is 29.2. The smallest absolute Gasteiger partial charge is 0.306 e. The number of ketones is 1. The molecule has 6 heterocycles. The molecule has 5 aromatic rings. The molecule has 0 spiro atoms. The van der Waals surface area contributed by atoms with Crippen molar-refractivity contribution < 1.29 is 43.1 Å². The van der Waals surface area contributed by atoms with Crippen LogP contribution in [0, 0.1) is 18.3 Å². The van der Waals surface area contributed by atoms with Gasteiger partial charge in [-0.1, -0.05) is 46.4 Å². The van der Waals surface area contributed by atoms with Crippen molar-refractivity contribution in [1.82, 2.24) is 14.8 Å². The number of aliphatic hydroxyl groups is 1. The first-order chi connectivity index (χ1) is 39.8. The second-order valence-electron chi connectivity index (χ2n) is 24.6. The van der Waals surface area contributed by atoms with Crippen molar-refractivity contribution in [2.45, 2.75) is 150 Å². The van der Waals surface area contributed by atoms with Crippen molar-refractivity contribution in [1.29, 1.82) is 0 Å². The quantitative estimate of drug-likeness (QED) is 0.0215. The summed E-state index contributed by atoms with van der Waals surface area (Å²) in [6.07, 6.45) is 14.8. The van der Waals surface area contributed by atoms with Crippen molar-refractivity contribution in [3.63, 3.8) is 0 Å². The molecule has 434 valence electrons. The molecule has 1 N–H and O–H groups in total. The van der Waals surface area contributed by atoms with Crippen LogP contribution < -0.4 is 29.5 Å². The molecule has 0 saturated carbocycles. The number of aryl methyl sites for hydroxylation is 3. The molecular weight excluding hydrogens is 1030 g/mol. The molecule has 1 aliphatic carbocycles. The minimum atomic E-state index is -0.0876. The number of aromatic nitrogens is 2. The molecule has 4 aromatic carbocycles. The molecule has 6 aliphatic rings. The first-order valence-electron chi connectivity index (χ1n) is 30.8. The van der Waals surface area contributed by atoms with E-state index >= 15 is 0 Å². The maximum atomic E-state index is 13.8. The lowest BCUT2D eigenvalue weighted by Gasteiger charge is -2.39. The number of aliphatic hydroxyl groups excluding tert-OH is 1. The van der Waals surface area contributed by atoms with Gasteiger partial charge in [-0.15, -0.1) is 5.10 Å². The molecule has 11 rings (SSSR count). The van der Waals surface area contributed by atoms with Gasteiger partial charge < -0.3 is 38.4 Å². The largest absolute Gasteiger partial charge is 0.508 e. The second kappa shape index (κ2) is 25.6. The number of ether oxygens (including phenoxy) is 6. The Morgan fingerprint density at radius 2 is 1.45 bits per heavy atom. The highest BCUT2D eigenvalue weighted by molar-refractivity contribution is 5.99. The van der Waals surface area contributed by atoms with Gasteiger partial charge in [-0.05, 0) is 166 Å². The van der Waals surface area contributed by atoms with Crippen LogP contribution in [0.25, 0.3) is 22.6 Å². The minimum absolute atomic E-state index is 0.00272. The number of anilines is 1. The number of rotatable bonds is 23. The van der Waals surface area contributed by atoms with Gasteiger partial charge in [0.1, 0.15) is 48.8 Å². The lowest BCUT2D eigenvalue weighted by molar-refractivity contribution is -0.150. The van der Waals surface area contributed by atoms with Crippen LogP contribution in [0.1, 0.15) is 164 Å². The van der Waals surface area contributed by atoms with Crippen molar-refractivity contribution in [2.75, 3.05) is 77.3 Å². The van der Waals surface area contributed by atoms with E-state index in [1.165, 1.54) is 44.4 Å². The summed E-state index contributed by atoms with van der Waals surface area (Å²) in [6.45, 7) is 22.2. The monoisotopic (exact) mass is 1110 g/mol. The Kier molecular flexibility index (Phi) is 17.9. The van der Waals surface area contributed by atoms with Gasteiger partial charge in [-0.3, -0.25) is 9.59 Å². The SMILES string of the molecule is C=C(O)c1cc(C(=O)CCCOCCOCCOCCOc2ccc(-c3nnc(C)c4c3CCCC(OC(=O)CCC(C)(C)C(C)C)CC4)cc2)ccc1C1=c2cc3c4c(c2Oc2c1cc1c5c2CCCN5CCC1)CCC[N+]=4CCC3. The molecule has 13 nitrogen and oxygen atoms in total. The predicted molar refractivity (Wildman–Crippen MR) is 321 cm³/mol. The van der Waals surface area contributed by atoms with Gasteiger partial charge in [-0.2, -0.15) is 5.10 Å². The van der Waals surface area contributed by atoms with E-state index in [4.69, 9.17) is 28.4 Å². The third-order valence-electron chi connectivity index (χ3n) is 18.6. The van der Waals surface area contributed by atoms with Crippen LogP contribution in [0.15, 0.2) is 61.2 Å². The molecule has 0 saturated heterocycles. The number of fused-ring (bicyclic) bond motifs is 5. The van der Waals surface area contributed by atoms with E-state index in [0.29, 0.717) is 82.6 Å². The van der Waals surface area contributed by atoms with Crippen LogP contribution in [0.3, 0.4) is 0 Å². The standard InChI is InChI=1S/C69H84N4O9/c1-44(2)69(5,6)29-28-62(76)81-52-15-7-16-55-53(27-25-52)45(3)70-71-64(55)47-20-23-51(24-21-47)80-40-39-79-38-37-78-36-35-77-34-12-19-61(75)48-22-26-54(58(41-48)46(4)74)63-59-42-49-13-8-30-72-32-10-17-56(65(49)72)67(59)82-68-57-18-11-33-73-31-9-14-50(66(57)73)43-60(63)68/h20-24,26,41-44,52H,4,7-19,25,27-40H2,1-3,5-6H3/p+1. The van der Waals surface area contributed by atoms with E-state index in [1.54, 1.807) is 0 Å². The van der Waals surface area contributed by atoms with Crippen LogP contribution in [0.2, 0.25) is 0 Å². The summed E-state index contributed by atoms with van der Waals surface area (Å²) in [6, 6.07) is 18.5. The first kappa shape index (κ1) is 57.4. The van der Waals surface area contributed by atoms with Gasteiger partial charge in [0, 0.05) is 95.2 Å². The zero-order chi connectivity index (χ0) is 56.9. The number of carbonyl (C=O) groups is 2. The van der Waals surface area contributed by atoms with E-state index in [1.807, 2.05) is 49.4 Å². The van der Waals surface area contributed by atoms with Gasteiger partial charge >= 0.3 is 5.97 Å². The van der Waals surface area contributed by atoms with Gasteiger partial charge in [0.05, 0.1) is 50.0 Å². The highest BCUT2D eigenvalue weighted by atomic mass is 16.6. The third-order valence-corrected chi connectivity index (χ3v) is 18.6. The Morgan fingerprint density at radius 3 is 2.22 bits per heavy atom. The number of hydrogen-bond acceptors (Lipinski definition) is 12. The van der Waals surface area contributed by atoms with Crippen LogP contribution in [0.5, 0.6) is 17.2 Å². The summed E-state index contributed by atoms with van der Waals surface area (Å²) < 4.78 is 39.2. The van der Waals surface area contributed by atoms with E-state index in [2.05, 4.69) is 66.1 Å². The number of nitrogens with zero attached hydrogens (tertiary/aromatic N) is 4. The Labute approximate surface area is 484 Å². The summed E-state index contributed by atoms with van der Waals surface area (Å²) in [5, 5.41) is 23.0. The van der Waals surface area contributed by atoms with E-state index in [9.17, 15) is 14.7 Å². The Bertz CT molecular complexity index is 3340. The first-order valence-corrected chi connectivity index (χ1v) is 30.8. The normalized spacial score (nSPS) is 17.1. The summed E-state index contributed by atoms with van der Waals surface area (Å²) >= 11 is 0. The number of hydrogen-bond donors (Lipinski definition) is 1. The number of esters is 1. The van der Waals surface area contributed by atoms with E-state index in [0.717, 1.165) is 172 Å². The van der Waals surface area contributed by atoms with Gasteiger partial charge in [0.15, 0.2) is 5.78 Å². The number of Topliss-reactive ketones (excluding diaryl/α,β-unsaturated/α-hetero) is 1. The van der Waals surface area contributed by atoms with Crippen LogP contribution >= 0.6 is 0 Å². The molecule has 5 aliphatic heterocycles. The van der Waals surface area contributed by atoms with E-state index < -0.39 is 0 Å². The van der Waals surface area contributed by atoms with Gasteiger partial charge in [0.25, 0.3) is 0 Å². The average Bonchev–Trinajstić information content (AvgIpc) is 3.54. The van der Waals surface area contributed by atoms with Crippen molar-refractivity contribution in [2.24, 2.45) is 11.3 Å². The van der Waals surface area contributed by atoms with E-state index in [-0.39, 0.29) is 29.0 Å². The van der Waals surface area contributed by atoms with Crippen LogP contribution in [-0.4, -0.2) is 106 Å². The zero-order valence-electron chi connectivity index (χ0n) is 49.4. The molecule has 0 fully saturated rings. The molecule has 1 unspecified atom stereocenters. The number of benzene rings is 4. The van der Waals surface area contributed by atoms with Crippen LogP contribution in [-0.2, 0) is 62.3 Å². The zero-order valence-corrected chi connectivity index (χ0v) is 49.4. The fourth-order valence-corrected chi connectivity index (χ4v) is 13.4. The Balaban J connectivity index is 0.623. The molecule has 0 bridgehead atoms. The molecule has 1 atom stereocenters. The number of carbonyl (C=O) groups excluding carboxylic acids is 2. The summed E-state index contributed by atoms with van der Waals surface area (Å²) in [7, 11) is 0. The molecule has 82 heavy (non-hydrogen) atoms. The molecule has 0 radical (unpaired) electrons. The highest BCUT2D eigenvalue weighted by Gasteiger charge is 2.37. The van der Waals surface area contributed by atoms with Crippen LogP contribution in [0.4, 0.5) is 5.69 Å². The molecule has 0 amide bonds. The maximum Gasteiger partial charge on any atom is 0.306 e. The second-order valence-corrected chi connectivity index (χ2v) is 24.6. The maximum absolute atomic E-state index is 13.8. The highest BCUT2D eigenvalue weighted by Crippen LogP contribution is 2.49. The lowest BCUT2D eigenvalue weighted by atomic mass is 9.77. The average molecular weight is 1110 g/mol. The summed E-state index contributed by atoms with van der Waals surface area (Å²) in [5.74, 6) is 3.03. The predicted octanol–water partition coefficient (Wildman–Crippen LogP) is 11.2. The fraction of sp³-hybridized carbons (Fsp3) is 0.522.